The lowest BCUT2D eigenvalue weighted by Gasteiger charge is -2.13. The van der Waals surface area contributed by atoms with Gasteiger partial charge in [0.15, 0.2) is 0 Å². The predicted molar refractivity (Wildman–Crippen MR) is 113 cm³/mol. The van der Waals surface area contributed by atoms with Crippen molar-refractivity contribution >= 4 is 17.0 Å². The Bertz CT molecular complexity index is 904. The van der Waals surface area contributed by atoms with Gasteiger partial charge in [-0.2, -0.15) is 0 Å². The van der Waals surface area contributed by atoms with E-state index < -0.39 is 0 Å². The van der Waals surface area contributed by atoms with Crippen LogP contribution in [0.5, 0.6) is 0 Å². The van der Waals surface area contributed by atoms with Crippen molar-refractivity contribution in [3.63, 3.8) is 0 Å². The van der Waals surface area contributed by atoms with E-state index in [0.717, 1.165) is 29.0 Å². The fourth-order valence-electron chi connectivity index (χ4n) is 2.95. The third-order valence-electron chi connectivity index (χ3n) is 4.27. The van der Waals surface area contributed by atoms with Gasteiger partial charge in [0.05, 0.1) is 5.70 Å². The molecule has 1 heteroatoms. The molecule has 0 aliphatic rings. The van der Waals surface area contributed by atoms with Gasteiger partial charge in [0.2, 0.25) is 0 Å². The fourth-order valence-corrected chi connectivity index (χ4v) is 2.95. The number of hydrogen-bond donors (Lipinski definition) is 0. The van der Waals surface area contributed by atoms with Gasteiger partial charge in [-0.25, -0.2) is 0 Å². The molecule has 0 amide bonds. The molecule has 3 aromatic rings. The van der Waals surface area contributed by atoms with E-state index >= 15 is 0 Å². The van der Waals surface area contributed by atoms with Gasteiger partial charge in [0, 0.05) is 11.3 Å². The van der Waals surface area contributed by atoms with Gasteiger partial charge in [-0.1, -0.05) is 97.1 Å². The van der Waals surface area contributed by atoms with Crippen molar-refractivity contribution in [3.05, 3.63) is 120 Å². The minimum atomic E-state index is 0.764. The Labute approximate surface area is 156 Å². The Morgan fingerprint density at radius 2 is 1.19 bits per heavy atom. The maximum absolute atomic E-state index is 5.06. The second-order valence-electron chi connectivity index (χ2n) is 6.12. The number of hydrogen-bond acceptors (Lipinski definition) is 1. The molecule has 0 heterocycles. The lowest BCUT2D eigenvalue weighted by atomic mass is 9.96. The molecule has 1 nitrogen and oxygen atoms in total. The fraction of sp³-hybridized carbons (Fsp3) is 0.0800. The molecule has 0 saturated carbocycles. The topological polar surface area (TPSA) is 12.4 Å². The molecule has 0 fully saturated rings. The first-order chi connectivity index (χ1) is 12.8. The molecule has 26 heavy (non-hydrogen) atoms. The van der Waals surface area contributed by atoms with E-state index in [9.17, 15) is 0 Å². The molecule has 0 aromatic heterocycles. The van der Waals surface area contributed by atoms with Gasteiger partial charge in [0.25, 0.3) is 0 Å². The van der Waals surface area contributed by atoms with Crippen molar-refractivity contribution in [2.45, 2.75) is 13.3 Å². The average Bonchev–Trinajstić information content (AvgIpc) is 2.72. The van der Waals surface area contributed by atoms with E-state index in [1.165, 1.54) is 11.1 Å². The summed E-state index contributed by atoms with van der Waals surface area (Å²) in [5, 5.41) is 0. The number of nitrogens with zero attached hydrogens (tertiary/aromatic N) is 1. The zero-order valence-corrected chi connectivity index (χ0v) is 15.1. The van der Waals surface area contributed by atoms with Crippen molar-refractivity contribution in [1.29, 1.82) is 0 Å². The second kappa shape index (κ2) is 8.77. The van der Waals surface area contributed by atoms with Crippen LogP contribution >= 0.6 is 0 Å². The molecule has 3 rings (SSSR count). The SMILES string of the molecule is C=CC/C(=C(\N=C(C)c1ccccc1)c1ccccc1)c1ccccc1. The minimum Gasteiger partial charge on any atom is -0.252 e. The molecule has 0 radical (unpaired) electrons. The monoisotopic (exact) mass is 337 g/mol. The Morgan fingerprint density at radius 3 is 1.69 bits per heavy atom. The Hall–Kier alpha value is -3.19. The van der Waals surface area contributed by atoms with Gasteiger partial charge in [0.1, 0.15) is 0 Å². The van der Waals surface area contributed by atoms with Gasteiger partial charge < -0.3 is 0 Å². The quantitative estimate of drug-likeness (QED) is 0.271. The standard InChI is InChI=1S/C25H23N/c1-3-13-24(22-16-9-5-10-17-22)25(23-18-11-6-12-19-23)26-20(2)21-14-7-4-8-15-21/h3-12,14-19H,1,13H2,2H3/b25-24+,26-20?. The first-order valence-corrected chi connectivity index (χ1v) is 8.85. The Balaban J connectivity index is 2.21. The predicted octanol–water partition coefficient (Wildman–Crippen LogP) is 6.64. The normalized spacial score (nSPS) is 12.4. The van der Waals surface area contributed by atoms with Crippen molar-refractivity contribution in [1.82, 2.24) is 0 Å². The highest BCUT2D eigenvalue weighted by Crippen LogP contribution is 2.31. The van der Waals surface area contributed by atoms with Gasteiger partial charge in [-0.05, 0) is 30.0 Å². The van der Waals surface area contributed by atoms with Crippen molar-refractivity contribution < 1.29 is 0 Å². The molecule has 0 bridgehead atoms. The van der Waals surface area contributed by atoms with Crippen LogP contribution in [0.3, 0.4) is 0 Å². The van der Waals surface area contributed by atoms with Gasteiger partial charge in [-0.15, -0.1) is 6.58 Å². The van der Waals surface area contributed by atoms with Crippen LogP contribution in [-0.4, -0.2) is 5.71 Å². The highest BCUT2D eigenvalue weighted by atomic mass is 14.8. The third kappa shape index (κ3) is 4.25. The summed E-state index contributed by atoms with van der Waals surface area (Å²) in [6.45, 7) is 6.02. The van der Waals surface area contributed by atoms with Crippen LogP contribution in [0, 0.1) is 0 Å². The molecule has 128 valence electrons. The smallest absolute Gasteiger partial charge is 0.0746 e. The average molecular weight is 337 g/mol. The van der Waals surface area contributed by atoms with E-state index in [4.69, 9.17) is 4.99 Å². The van der Waals surface area contributed by atoms with Crippen LogP contribution in [0.25, 0.3) is 11.3 Å². The lowest BCUT2D eigenvalue weighted by molar-refractivity contribution is 1.36. The first-order valence-electron chi connectivity index (χ1n) is 8.85. The summed E-state index contributed by atoms with van der Waals surface area (Å²) in [5.41, 5.74) is 6.60. The second-order valence-corrected chi connectivity index (χ2v) is 6.12. The summed E-state index contributed by atoms with van der Waals surface area (Å²) < 4.78 is 0. The Kier molecular flexibility index (Phi) is 5.95. The Morgan fingerprint density at radius 1 is 0.731 bits per heavy atom. The molecule has 0 unspecified atom stereocenters. The summed E-state index contributed by atoms with van der Waals surface area (Å²) in [6.07, 6.45) is 2.71. The first kappa shape index (κ1) is 17.6. The number of benzene rings is 3. The largest absolute Gasteiger partial charge is 0.252 e. The summed E-state index contributed by atoms with van der Waals surface area (Å²) in [5.74, 6) is 0. The molecule has 0 atom stereocenters. The molecule has 0 aliphatic carbocycles. The van der Waals surface area contributed by atoms with Crippen LogP contribution in [0.15, 0.2) is 109 Å². The van der Waals surface area contributed by atoms with Crippen LogP contribution in [0.1, 0.15) is 30.0 Å². The third-order valence-corrected chi connectivity index (χ3v) is 4.27. The molecule has 3 aromatic carbocycles. The number of allylic oxidation sites excluding steroid dienone is 2. The molecule has 0 saturated heterocycles. The lowest BCUT2D eigenvalue weighted by Crippen LogP contribution is -1.98. The molecule has 0 aliphatic heterocycles. The maximum atomic E-state index is 5.06. The molecule has 0 spiro atoms. The van der Waals surface area contributed by atoms with E-state index in [1.54, 1.807) is 0 Å². The highest BCUT2D eigenvalue weighted by Gasteiger charge is 2.11. The number of rotatable bonds is 6. The van der Waals surface area contributed by atoms with Gasteiger partial charge in [-0.3, -0.25) is 4.99 Å². The van der Waals surface area contributed by atoms with Gasteiger partial charge >= 0.3 is 0 Å². The van der Waals surface area contributed by atoms with Crippen LogP contribution in [-0.2, 0) is 0 Å². The van der Waals surface area contributed by atoms with Crippen LogP contribution in [0.4, 0.5) is 0 Å². The molecule has 0 N–H and O–H groups in total. The molecular weight excluding hydrogens is 314 g/mol. The highest BCUT2D eigenvalue weighted by molar-refractivity contribution is 6.04. The maximum Gasteiger partial charge on any atom is 0.0746 e. The van der Waals surface area contributed by atoms with E-state index in [-0.39, 0.29) is 0 Å². The van der Waals surface area contributed by atoms with E-state index in [2.05, 4.69) is 74.2 Å². The van der Waals surface area contributed by atoms with Crippen LogP contribution < -0.4 is 0 Å². The molecular formula is C25H23N. The minimum absolute atomic E-state index is 0.764. The summed E-state index contributed by atoms with van der Waals surface area (Å²) >= 11 is 0. The zero-order chi connectivity index (χ0) is 18.2. The summed E-state index contributed by atoms with van der Waals surface area (Å²) in [7, 11) is 0. The van der Waals surface area contributed by atoms with E-state index in [1.807, 2.05) is 36.4 Å². The van der Waals surface area contributed by atoms with E-state index in [0.29, 0.717) is 0 Å². The summed E-state index contributed by atoms with van der Waals surface area (Å²) in [6, 6.07) is 31.1. The summed E-state index contributed by atoms with van der Waals surface area (Å²) in [4.78, 5) is 5.06. The van der Waals surface area contributed by atoms with Crippen molar-refractivity contribution in [2.75, 3.05) is 0 Å². The van der Waals surface area contributed by atoms with Crippen LogP contribution in [0.2, 0.25) is 0 Å². The number of aliphatic imine (C=N–C) groups is 1. The zero-order valence-electron chi connectivity index (χ0n) is 15.1. The van der Waals surface area contributed by atoms with Crippen molar-refractivity contribution in [3.8, 4) is 0 Å². The van der Waals surface area contributed by atoms with Crippen molar-refractivity contribution in [2.24, 2.45) is 4.99 Å².